The highest BCUT2D eigenvalue weighted by molar-refractivity contribution is 4.85. The lowest BCUT2D eigenvalue weighted by molar-refractivity contribution is 0.115. The Morgan fingerprint density at radius 1 is 1.35 bits per heavy atom. The summed E-state index contributed by atoms with van der Waals surface area (Å²) in [6, 6.07) is 3.32. The molecule has 1 heterocycles. The van der Waals surface area contributed by atoms with E-state index < -0.39 is 0 Å². The van der Waals surface area contributed by atoms with E-state index in [4.69, 9.17) is 5.26 Å². The number of nitrogens with one attached hydrogen (secondary N) is 1. The molecule has 1 saturated heterocycles. The van der Waals surface area contributed by atoms with Gasteiger partial charge in [-0.05, 0) is 52.1 Å². The molecule has 0 aromatic rings. The molecule has 1 atom stereocenters. The highest BCUT2D eigenvalue weighted by Gasteiger charge is 2.24. The number of nitriles is 1. The molecule has 1 unspecified atom stereocenters. The van der Waals surface area contributed by atoms with Crippen molar-refractivity contribution in [1.29, 1.82) is 5.26 Å². The van der Waals surface area contributed by atoms with Crippen LogP contribution in [0.5, 0.6) is 0 Å². The molecule has 3 heteroatoms. The number of nitrogens with zero attached hydrogens (tertiary/aromatic N) is 2. The Balaban J connectivity index is 2.54. The monoisotopic (exact) mass is 237 g/mol. The van der Waals surface area contributed by atoms with Gasteiger partial charge in [-0.3, -0.25) is 4.90 Å². The van der Waals surface area contributed by atoms with Crippen molar-refractivity contribution >= 4 is 0 Å². The Morgan fingerprint density at radius 3 is 2.47 bits per heavy atom. The second kappa shape index (κ2) is 7.68. The normalized spacial score (nSPS) is 19.5. The largest absolute Gasteiger partial charge is 0.317 e. The highest BCUT2D eigenvalue weighted by atomic mass is 15.2. The Kier molecular flexibility index (Phi) is 6.54. The number of hydrogen-bond acceptors (Lipinski definition) is 3. The lowest BCUT2D eigenvalue weighted by Gasteiger charge is -2.37. The molecule has 98 valence electrons. The Hall–Kier alpha value is -0.590. The fourth-order valence-corrected chi connectivity index (χ4v) is 2.75. The number of hydrogen-bond donors (Lipinski definition) is 1. The van der Waals surface area contributed by atoms with Crippen molar-refractivity contribution < 1.29 is 0 Å². The van der Waals surface area contributed by atoms with Gasteiger partial charge in [0.2, 0.25) is 0 Å². The van der Waals surface area contributed by atoms with E-state index >= 15 is 0 Å². The molecule has 1 aliphatic rings. The maximum absolute atomic E-state index is 8.92. The van der Waals surface area contributed by atoms with Crippen LogP contribution in [-0.2, 0) is 0 Å². The van der Waals surface area contributed by atoms with Gasteiger partial charge in [0, 0.05) is 18.6 Å². The van der Waals surface area contributed by atoms with Crippen molar-refractivity contribution in [3.63, 3.8) is 0 Å². The molecular formula is C14H27N3. The first-order chi connectivity index (χ1) is 8.19. The minimum Gasteiger partial charge on any atom is -0.317 e. The molecule has 1 aliphatic heterocycles. The van der Waals surface area contributed by atoms with Gasteiger partial charge in [0.15, 0.2) is 0 Å². The van der Waals surface area contributed by atoms with Gasteiger partial charge in [-0.2, -0.15) is 5.26 Å². The summed E-state index contributed by atoms with van der Waals surface area (Å²) in [5, 5.41) is 12.3. The summed E-state index contributed by atoms with van der Waals surface area (Å²) in [5.74, 6) is 0.811. The number of rotatable bonds is 6. The summed E-state index contributed by atoms with van der Waals surface area (Å²) in [6.45, 7) is 10.2. The summed E-state index contributed by atoms with van der Waals surface area (Å²) >= 11 is 0. The highest BCUT2D eigenvalue weighted by Crippen LogP contribution is 2.19. The van der Waals surface area contributed by atoms with E-state index in [1.54, 1.807) is 0 Å². The van der Waals surface area contributed by atoms with Crippen LogP contribution in [0.1, 0.15) is 46.5 Å². The van der Waals surface area contributed by atoms with Crippen LogP contribution in [0.3, 0.4) is 0 Å². The van der Waals surface area contributed by atoms with E-state index in [0.29, 0.717) is 18.5 Å². The minimum absolute atomic E-state index is 0.440. The molecular weight excluding hydrogens is 210 g/mol. The molecule has 1 rings (SSSR count). The predicted octanol–water partition coefficient (Wildman–Crippen LogP) is 2.39. The van der Waals surface area contributed by atoms with Crippen LogP contribution < -0.4 is 5.32 Å². The third kappa shape index (κ3) is 4.65. The van der Waals surface area contributed by atoms with Crippen LogP contribution in [0, 0.1) is 17.2 Å². The SMILES string of the molecule is CCC(CC#N)N(CC1CCNCC1)C(C)C. The van der Waals surface area contributed by atoms with E-state index in [9.17, 15) is 0 Å². The average Bonchev–Trinajstić information content (AvgIpc) is 2.34. The Labute approximate surface area is 106 Å². The molecule has 0 aromatic heterocycles. The van der Waals surface area contributed by atoms with E-state index in [-0.39, 0.29) is 0 Å². The Morgan fingerprint density at radius 2 is 2.00 bits per heavy atom. The van der Waals surface area contributed by atoms with Crippen LogP contribution >= 0.6 is 0 Å². The van der Waals surface area contributed by atoms with E-state index in [1.807, 2.05) is 0 Å². The van der Waals surface area contributed by atoms with Gasteiger partial charge in [0.1, 0.15) is 0 Å². The van der Waals surface area contributed by atoms with Gasteiger partial charge >= 0.3 is 0 Å². The molecule has 1 N–H and O–H groups in total. The summed E-state index contributed by atoms with van der Waals surface area (Å²) in [7, 11) is 0. The molecule has 17 heavy (non-hydrogen) atoms. The van der Waals surface area contributed by atoms with Gasteiger partial charge in [-0.15, -0.1) is 0 Å². The fraction of sp³-hybridized carbons (Fsp3) is 0.929. The van der Waals surface area contributed by atoms with Gasteiger partial charge in [-0.1, -0.05) is 6.92 Å². The summed E-state index contributed by atoms with van der Waals surface area (Å²) < 4.78 is 0. The minimum atomic E-state index is 0.440. The van der Waals surface area contributed by atoms with Crippen molar-refractivity contribution in [2.24, 2.45) is 5.92 Å². The van der Waals surface area contributed by atoms with Crippen LogP contribution in [0.4, 0.5) is 0 Å². The summed E-state index contributed by atoms with van der Waals surface area (Å²) in [6.07, 6.45) is 4.31. The van der Waals surface area contributed by atoms with Crippen molar-refractivity contribution in [1.82, 2.24) is 10.2 Å². The van der Waals surface area contributed by atoms with Gasteiger partial charge < -0.3 is 5.32 Å². The predicted molar refractivity (Wildman–Crippen MR) is 71.7 cm³/mol. The maximum Gasteiger partial charge on any atom is 0.0638 e. The average molecular weight is 237 g/mol. The van der Waals surface area contributed by atoms with Gasteiger partial charge in [0.05, 0.1) is 12.5 Å². The van der Waals surface area contributed by atoms with Crippen LogP contribution in [0.25, 0.3) is 0 Å². The third-order valence-corrected chi connectivity index (χ3v) is 3.86. The zero-order valence-electron chi connectivity index (χ0n) is 11.6. The van der Waals surface area contributed by atoms with E-state index in [2.05, 4.69) is 37.1 Å². The quantitative estimate of drug-likeness (QED) is 0.771. The molecule has 0 aliphatic carbocycles. The van der Waals surface area contributed by atoms with Crippen LogP contribution in [0.2, 0.25) is 0 Å². The smallest absolute Gasteiger partial charge is 0.0638 e. The van der Waals surface area contributed by atoms with Crippen molar-refractivity contribution in [2.45, 2.75) is 58.5 Å². The topological polar surface area (TPSA) is 39.1 Å². The molecule has 0 radical (unpaired) electrons. The molecule has 0 aromatic carbocycles. The third-order valence-electron chi connectivity index (χ3n) is 3.86. The summed E-state index contributed by atoms with van der Waals surface area (Å²) in [5.41, 5.74) is 0. The van der Waals surface area contributed by atoms with Gasteiger partial charge in [-0.25, -0.2) is 0 Å². The first-order valence-corrected chi connectivity index (χ1v) is 7.02. The first kappa shape index (κ1) is 14.5. The maximum atomic E-state index is 8.92. The van der Waals surface area contributed by atoms with Crippen LogP contribution in [-0.4, -0.2) is 36.6 Å². The van der Waals surface area contributed by atoms with Crippen molar-refractivity contribution in [3.8, 4) is 6.07 Å². The van der Waals surface area contributed by atoms with Gasteiger partial charge in [0.25, 0.3) is 0 Å². The van der Waals surface area contributed by atoms with Crippen LogP contribution in [0.15, 0.2) is 0 Å². The van der Waals surface area contributed by atoms with E-state index in [0.717, 1.165) is 25.4 Å². The molecule has 1 fully saturated rings. The second-order valence-corrected chi connectivity index (χ2v) is 5.41. The lowest BCUT2D eigenvalue weighted by Crippen LogP contribution is -2.45. The summed E-state index contributed by atoms with van der Waals surface area (Å²) in [4.78, 5) is 2.54. The standard InChI is InChI=1S/C14H27N3/c1-4-14(5-8-15)17(12(2)3)11-13-6-9-16-10-7-13/h12-14,16H,4-7,9-11H2,1-3H3. The number of piperidine rings is 1. The molecule has 3 nitrogen and oxygen atoms in total. The fourth-order valence-electron chi connectivity index (χ4n) is 2.75. The van der Waals surface area contributed by atoms with Crippen molar-refractivity contribution in [2.75, 3.05) is 19.6 Å². The molecule has 0 saturated carbocycles. The molecule has 0 bridgehead atoms. The first-order valence-electron chi connectivity index (χ1n) is 7.02. The molecule has 0 amide bonds. The van der Waals surface area contributed by atoms with Crippen molar-refractivity contribution in [3.05, 3.63) is 0 Å². The molecule has 0 spiro atoms. The second-order valence-electron chi connectivity index (χ2n) is 5.41. The lowest BCUT2D eigenvalue weighted by atomic mass is 9.95. The zero-order valence-corrected chi connectivity index (χ0v) is 11.6. The zero-order chi connectivity index (χ0) is 12.7. The van der Waals surface area contributed by atoms with E-state index in [1.165, 1.54) is 19.4 Å². The Bertz CT molecular complexity index is 238.